The predicted molar refractivity (Wildman–Crippen MR) is 77.0 cm³/mol. The molecule has 1 rings (SSSR count). The molecule has 0 aliphatic carbocycles. The Kier molecular flexibility index (Phi) is 5.79. The van der Waals surface area contributed by atoms with Gasteiger partial charge in [-0.25, -0.2) is 0 Å². The first-order chi connectivity index (χ1) is 8.60. The van der Waals surface area contributed by atoms with E-state index in [1.807, 2.05) is 20.8 Å². The van der Waals surface area contributed by atoms with Crippen LogP contribution in [0.25, 0.3) is 0 Å². The average Bonchev–Trinajstić information content (AvgIpc) is 2.24. The Balaban J connectivity index is 2.46. The first-order valence-corrected chi connectivity index (χ1v) is 8.47. The summed E-state index contributed by atoms with van der Waals surface area (Å²) in [6.07, 6.45) is 1.93. The second-order valence-electron chi connectivity index (χ2n) is 6.88. The number of hydrogen-bond acceptors (Lipinski definition) is 3. The molecule has 0 spiro atoms. The van der Waals surface area contributed by atoms with Crippen LogP contribution in [0.2, 0.25) is 0 Å². The lowest BCUT2D eigenvalue weighted by Gasteiger charge is -2.30. The molecule has 5 nitrogen and oxygen atoms in total. The van der Waals surface area contributed by atoms with Crippen molar-refractivity contribution in [3.63, 3.8) is 0 Å². The standard InChI is InChI=1S/C13H28N2O3S/c1-11-6-5-7-15(10-11)19(17,18)14-9-12(16)8-13(2,3)4/h11-12,14,16H,5-10H2,1-4H3. The fraction of sp³-hybridized carbons (Fsp3) is 1.00. The minimum absolute atomic E-state index is 0.00943. The van der Waals surface area contributed by atoms with Gasteiger partial charge >= 0.3 is 0 Å². The molecular weight excluding hydrogens is 264 g/mol. The average molecular weight is 292 g/mol. The van der Waals surface area contributed by atoms with Crippen molar-refractivity contribution in [2.75, 3.05) is 19.6 Å². The summed E-state index contributed by atoms with van der Waals surface area (Å²) in [4.78, 5) is 0. The number of hydrogen-bond donors (Lipinski definition) is 2. The number of nitrogens with zero attached hydrogens (tertiary/aromatic N) is 1. The van der Waals surface area contributed by atoms with Gasteiger partial charge in [-0.05, 0) is 30.6 Å². The molecule has 0 aromatic rings. The van der Waals surface area contributed by atoms with Crippen molar-refractivity contribution in [2.45, 2.75) is 53.1 Å². The Morgan fingerprint density at radius 1 is 1.42 bits per heavy atom. The van der Waals surface area contributed by atoms with Gasteiger partial charge in [0.1, 0.15) is 0 Å². The first kappa shape index (κ1) is 16.9. The van der Waals surface area contributed by atoms with Gasteiger partial charge in [-0.3, -0.25) is 0 Å². The largest absolute Gasteiger partial charge is 0.392 e. The molecule has 0 bridgehead atoms. The molecule has 0 aromatic heterocycles. The Labute approximate surface area is 117 Å². The maximum absolute atomic E-state index is 12.1. The van der Waals surface area contributed by atoms with E-state index >= 15 is 0 Å². The Hall–Kier alpha value is -0.170. The predicted octanol–water partition coefficient (Wildman–Crippen LogP) is 1.35. The maximum atomic E-state index is 12.1. The van der Waals surface area contributed by atoms with E-state index in [2.05, 4.69) is 11.6 Å². The summed E-state index contributed by atoms with van der Waals surface area (Å²) in [7, 11) is -3.44. The highest BCUT2D eigenvalue weighted by molar-refractivity contribution is 7.87. The van der Waals surface area contributed by atoms with E-state index in [-0.39, 0.29) is 12.0 Å². The zero-order valence-electron chi connectivity index (χ0n) is 12.5. The Bertz CT molecular complexity index is 376. The van der Waals surface area contributed by atoms with Crippen molar-refractivity contribution >= 4 is 10.2 Å². The third-order valence-electron chi connectivity index (χ3n) is 3.31. The SMILES string of the molecule is CC1CCCN(S(=O)(=O)NCC(O)CC(C)(C)C)C1. The highest BCUT2D eigenvalue weighted by atomic mass is 32.2. The van der Waals surface area contributed by atoms with Crippen LogP contribution in [-0.2, 0) is 10.2 Å². The van der Waals surface area contributed by atoms with E-state index in [1.165, 1.54) is 4.31 Å². The van der Waals surface area contributed by atoms with Crippen molar-refractivity contribution in [1.29, 1.82) is 0 Å². The summed E-state index contributed by atoms with van der Waals surface area (Å²) >= 11 is 0. The van der Waals surface area contributed by atoms with E-state index in [0.717, 1.165) is 12.8 Å². The van der Waals surface area contributed by atoms with Crippen LogP contribution >= 0.6 is 0 Å². The fourth-order valence-corrected chi connectivity index (χ4v) is 3.84. The molecule has 1 fully saturated rings. The molecule has 1 aliphatic heterocycles. The lowest BCUT2D eigenvalue weighted by Crippen LogP contribution is -2.47. The highest BCUT2D eigenvalue weighted by Gasteiger charge is 2.27. The fourth-order valence-electron chi connectivity index (χ4n) is 2.44. The van der Waals surface area contributed by atoms with Crippen molar-refractivity contribution in [3.05, 3.63) is 0 Å². The number of aliphatic hydroxyl groups excluding tert-OH is 1. The maximum Gasteiger partial charge on any atom is 0.279 e. The second-order valence-corrected chi connectivity index (χ2v) is 8.63. The molecule has 19 heavy (non-hydrogen) atoms. The van der Waals surface area contributed by atoms with Gasteiger partial charge in [0, 0.05) is 19.6 Å². The summed E-state index contributed by atoms with van der Waals surface area (Å²) < 4.78 is 28.2. The molecule has 2 N–H and O–H groups in total. The molecule has 6 heteroatoms. The summed E-state index contributed by atoms with van der Waals surface area (Å²) in [5, 5.41) is 9.85. The van der Waals surface area contributed by atoms with Crippen LogP contribution < -0.4 is 4.72 Å². The molecule has 114 valence electrons. The molecule has 0 radical (unpaired) electrons. The molecule has 2 unspecified atom stereocenters. The van der Waals surface area contributed by atoms with Gasteiger partial charge in [-0.2, -0.15) is 17.4 Å². The number of nitrogens with one attached hydrogen (secondary N) is 1. The van der Waals surface area contributed by atoms with E-state index in [9.17, 15) is 13.5 Å². The monoisotopic (exact) mass is 292 g/mol. The molecule has 2 atom stereocenters. The Morgan fingerprint density at radius 2 is 2.05 bits per heavy atom. The summed E-state index contributed by atoms with van der Waals surface area (Å²) in [6, 6.07) is 0. The number of rotatable bonds is 5. The van der Waals surface area contributed by atoms with Gasteiger partial charge in [0.15, 0.2) is 0 Å². The quantitative estimate of drug-likeness (QED) is 0.803. The number of piperidine rings is 1. The van der Waals surface area contributed by atoms with Gasteiger partial charge < -0.3 is 5.11 Å². The zero-order valence-corrected chi connectivity index (χ0v) is 13.3. The van der Waals surface area contributed by atoms with Crippen molar-refractivity contribution in [1.82, 2.24) is 9.03 Å². The summed E-state index contributed by atoms with van der Waals surface area (Å²) in [6.45, 7) is 9.38. The second kappa shape index (κ2) is 6.52. The van der Waals surface area contributed by atoms with Crippen LogP contribution in [-0.4, -0.2) is 43.6 Å². The third kappa shape index (κ3) is 6.21. The van der Waals surface area contributed by atoms with Gasteiger partial charge in [-0.15, -0.1) is 0 Å². The van der Waals surface area contributed by atoms with Crippen LogP contribution in [0.4, 0.5) is 0 Å². The van der Waals surface area contributed by atoms with E-state index in [4.69, 9.17) is 0 Å². The van der Waals surface area contributed by atoms with E-state index in [0.29, 0.717) is 25.4 Å². The van der Waals surface area contributed by atoms with Crippen molar-refractivity contribution in [2.24, 2.45) is 11.3 Å². The van der Waals surface area contributed by atoms with Gasteiger partial charge in [0.25, 0.3) is 10.2 Å². The van der Waals surface area contributed by atoms with Crippen LogP contribution in [0.1, 0.15) is 47.0 Å². The third-order valence-corrected chi connectivity index (χ3v) is 4.85. The van der Waals surface area contributed by atoms with E-state index in [1.54, 1.807) is 0 Å². The highest BCUT2D eigenvalue weighted by Crippen LogP contribution is 2.21. The Morgan fingerprint density at radius 3 is 2.58 bits per heavy atom. The first-order valence-electron chi connectivity index (χ1n) is 7.03. The number of aliphatic hydroxyl groups is 1. The van der Waals surface area contributed by atoms with Crippen molar-refractivity contribution in [3.8, 4) is 0 Å². The smallest absolute Gasteiger partial charge is 0.279 e. The summed E-state index contributed by atoms with van der Waals surface area (Å²) in [5.74, 6) is 0.407. The van der Waals surface area contributed by atoms with Gasteiger partial charge in [0.05, 0.1) is 6.10 Å². The van der Waals surface area contributed by atoms with Crippen LogP contribution in [0, 0.1) is 11.3 Å². The van der Waals surface area contributed by atoms with Crippen LogP contribution in [0.5, 0.6) is 0 Å². The topological polar surface area (TPSA) is 69.6 Å². The molecule has 0 amide bonds. The minimum atomic E-state index is -3.44. The molecular formula is C13H28N2O3S. The van der Waals surface area contributed by atoms with Crippen LogP contribution in [0.15, 0.2) is 0 Å². The van der Waals surface area contributed by atoms with E-state index < -0.39 is 16.3 Å². The van der Waals surface area contributed by atoms with Crippen LogP contribution in [0.3, 0.4) is 0 Å². The zero-order chi connectivity index (χ0) is 14.7. The molecule has 1 aliphatic rings. The summed E-state index contributed by atoms with van der Waals surface area (Å²) in [5.41, 5.74) is -0.00943. The molecule has 0 saturated carbocycles. The molecule has 0 aromatic carbocycles. The normalized spacial score (nSPS) is 24.4. The minimum Gasteiger partial charge on any atom is -0.392 e. The lowest BCUT2D eigenvalue weighted by molar-refractivity contribution is 0.124. The molecule has 1 saturated heterocycles. The van der Waals surface area contributed by atoms with Crippen molar-refractivity contribution < 1.29 is 13.5 Å². The lowest BCUT2D eigenvalue weighted by atomic mass is 9.89. The van der Waals surface area contributed by atoms with Gasteiger partial charge in [0.2, 0.25) is 0 Å². The molecule has 1 heterocycles. The van der Waals surface area contributed by atoms with Gasteiger partial charge in [-0.1, -0.05) is 27.7 Å².